The van der Waals surface area contributed by atoms with Crippen LogP contribution >= 0.6 is 11.6 Å². The second-order valence-corrected chi connectivity index (χ2v) is 6.28. The van der Waals surface area contributed by atoms with Crippen LogP contribution in [0.4, 0.5) is 23.0 Å². The highest BCUT2D eigenvalue weighted by atomic mass is 35.5. The number of anilines is 4. The highest BCUT2D eigenvalue weighted by molar-refractivity contribution is 6.31. The van der Waals surface area contributed by atoms with E-state index in [0.29, 0.717) is 27.8 Å². The standard InChI is InChI=1S/C19H19ClN6O2/c1-11-5-3-4-6-13(11)19(27)26-25-18-16(21)17(22-10-23-18)24-14-9-12(20)7-8-15(14)28-2/h3-10H,21H2,1-2H3,(H,26,27)(H2,22,23,24,25). The molecule has 1 aromatic heterocycles. The molecule has 0 fully saturated rings. The molecule has 0 aliphatic heterocycles. The highest BCUT2D eigenvalue weighted by Gasteiger charge is 2.13. The smallest absolute Gasteiger partial charge is 0.269 e. The molecular formula is C19H19ClN6O2. The summed E-state index contributed by atoms with van der Waals surface area (Å²) in [7, 11) is 1.55. The molecule has 5 N–H and O–H groups in total. The van der Waals surface area contributed by atoms with Gasteiger partial charge in [0.05, 0.1) is 12.8 Å². The van der Waals surface area contributed by atoms with E-state index >= 15 is 0 Å². The topological polar surface area (TPSA) is 114 Å². The first-order valence-electron chi connectivity index (χ1n) is 8.32. The zero-order valence-corrected chi connectivity index (χ0v) is 16.0. The summed E-state index contributed by atoms with van der Waals surface area (Å²) in [4.78, 5) is 20.6. The minimum Gasteiger partial charge on any atom is -0.495 e. The Kier molecular flexibility index (Phi) is 5.81. The van der Waals surface area contributed by atoms with Crippen LogP contribution in [0.25, 0.3) is 0 Å². The minimum atomic E-state index is -0.304. The quantitative estimate of drug-likeness (QED) is 0.469. The second-order valence-electron chi connectivity index (χ2n) is 5.85. The number of ether oxygens (including phenoxy) is 1. The monoisotopic (exact) mass is 398 g/mol. The van der Waals surface area contributed by atoms with Crippen LogP contribution in [0.2, 0.25) is 5.02 Å². The molecule has 3 aromatic rings. The fourth-order valence-electron chi connectivity index (χ4n) is 2.51. The average molecular weight is 399 g/mol. The van der Waals surface area contributed by atoms with Crippen molar-refractivity contribution in [1.29, 1.82) is 0 Å². The van der Waals surface area contributed by atoms with Crippen molar-refractivity contribution in [3.63, 3.8) is 0 Å². The van der Waals surface area contributed by atoms with Gasteiger partial charge in [-0.05, 0) is 36.8 Å². The van der Waals surface area contributed by atoms with E-state index in [4.69, 9.17) is 22.1 Å². The molecule has 0 atom stereocenters. The molecule has 0 aliphatic rings. The summed E-state index contributed by atoms with van der Waals surface area (Å²) >= 11 is 6.05. The first-order valence-corrected chi connectivity index (χ1v) is 8.70. The number of hydrogen-bond acceptors (Lipinski definition) is 7. The van der Waals surface area contributed by atoms with E-state index in [1.807, 2.05) is 19.1 Å². The molecule has 1 amide bonds. The number of aromatic nitrogens is 2. The third kappa shape index (κ3) is 4.24. The van der Waals surface area contributed by atoms with Gasteiger partial charge in [0.15, 0.2) is 11.6 Å². The third-order valence-electron chi connectivity index (χ3n) is 3.98. The van der Waals surface area contributed by atoms with Crippen LogP contribution in [0.15, 0.2) is 48.8 Å². The zero-order valence-electron chi connectivity index (χ0n) is 15.3. The van der Waals surface area contributed by atoms with Gasteiger partial charge in [0.2, 0.25) is 0 Å². The van der Waals surface area contributed by atoms with Crippen LogP contribution in [0.1, 0.15) is 15.9 Å². The normalized spacial score (nSPS) is 10.2. The lowest BCUT2D eigenvalue weighted by molar-refractivity contribution is 0.0962. The van der Waals surface area contributed by atoms with Crippen molar-refractivity contribution in [1.82, 2.24) is 15.4 Å². The number of nitrogens with zero attached hydrogens (tertiary/aromatic N) is 2. The Morgan fingerprint density at radius 3 is 2.64 bits per heavy atom. The number of benzene rings is 2. The van der Waals surface area contributed by atoms with Crippen molar-refractivity contribution in [3.8, 4) is 5.75 Å². The Labute approximate surface area is 167 Å². The van der Waals surface area contributed by atoms with E-state index in [-0.39, 0.29) is 17.4 Å². The molecule has 2 aromatic carbocycles. The van der Waals surface area contributed by atoms with Gasteiger partial charge in [0, 0.05) is 10.6 Å². The number of hydrogen-bond donors (Lipinski definition) is 4. The molecule has 28 heavy (non-hydrogen) atoms. The second kappa shape index (κ2) is 8.45. The van der Waals surface area contributed by atoms with Crippen molar-refractivity contribution in [2.75, 3.05) is 23.6 Å². The van der Waals surface area contributed by atoms with Gasteiger partial charge < -0.3 is 15.8 Å². The summed E-state index contributed by atoms with van der Waals surface area (Å²) < 4.78 is 5.30. The Morgan fingerprint density at radius 1 is 1.14 bits per heavy atom. The number of carbonyl (C=O) groups excluding carboxylic acids is 1. The lowest BCUT2D eigenvalue weighted by Gasteiger charge is -2.15. The largest absolute Gasteiger partial charge is 0.495 e. The van der Waals surface area contributed by atoms with Crippen molar-refractivity contribution >= 4 is 40.5 Å². The summed E-state index contributed by atoms with van der Waals surface area (Å²) in [6, 6.07) is 12.4. The molecule has 0 radical (unpaired) electrons. The molecular weight excluding hydrogens is 380 g/mol. The van der Waals surface area contributed by atoms with Crippen molar-refractivity contribution in [2.45, 2.75) is 6.92 Å². The van der Waals surface area contributed by atoms with Gasteiger partial charge >= 0.3 is 0 Å². The number of halogens is 1. The maximum Gasteiger partial charge on any atom is 0.269 e. The van der Waals surface area contributed by atoms with E-state index in [9.17, 15) is 4.79 Å². The molecule has 8 nitrogen and oxygen atoms in total. The van der Waals surface area contributed by atoms with Gasteiger partial charge in [-0.2, -0.15) is 0 Å². The van der Waals surface area contributed by atoms with Gasteiger partial charge in [-0.1, -0.05) is 29.8 Å². The first kappa shape index (κ1) is 19.2. The minimum absolute atomic E-state index is 0.217. The van der Waals surface area contributed by atoms with Gasteiger partial charge in [-0.3, -0.25) is 15.6 Å². The Balaban J connectivity index is 1.77. The van der Waals surface area contributed by atoms with Gasteiger partial charge in [-0.25, -0.2) is 9.97 Å². The number of hydrazine groups is 1. The molecule has 0 unspecified atom stereocenters. The average Bonchev–Trinajstić information content (AvgIpc) is 2.69. The molecule has 0 bridgehead atoms. The number of aryl methyl sites for hydroxylation is 1. The maximum absolute atomic E-state index is 12.3. The van der Waals surface area contributed by atoms with Gasteiger partial charge in [-0.15, -0.1) is 0 Å². The van der Waals surface area contributed by atoms with Crippen LogP contribution in [0.3, 0.4) is 0 Å². The number of amides is 1. The zero-order chi connectivity index (χ0) is 20.1. The van der Waals surface area contributed by atoms with Crippen LogP contribution in [0.5, 0.6) is 5.75 Å². The number of nitrogens with one attached hydrogen (secondary N) is 3. The lowest BCUT2D eigenvalue weighted by atomic mass is 10.1. The number of nitrogen functional groups attached to an aromatic ring is 1. The summed E-state index contributed by atoms with van der Waals surface area (Å²) in [6.07, 6.45) is 1.32. The summed E-state index contributed by atoms with van der Waals surface area (Å²) in [6.45, 7) is 1.86. The molecule has 0 aliphatic carbocycles. The van der Waals surface area contributed by atoms with Gasteiger partial charge in [0.25, 0.3) is 5.91 Å². The Hall–Kier alpha value is -3.52. The fraction of sp³-hybridized carbons (Fsp3) is 0.105. The van der Waals surface area contributed by atoms with E-state index in [0.717, 1.165) is 5.56 Å². The van der Waals surface area contributed by atoms with Crippen LogP contribution in [0, 0.1) is 6.92 Å². The predicted molar refractivity (Wildman–Crippen MR) is 110 cm³/mol. The van der Waals surface area contributed by atoms with Gasteiger partial charge in [0.1, 0.15) is 17.8 Å². The van der Waals surface area contributed by atoms with Crippen LogP contribution in [-0.4, -0.2) is 23.0 Å². The number of rotatable bonds is 6. The molecule has 9 heteroatoms. The summed E-state index contributed by atoms with van der Waals surface area (Å²) in [5, 5.41) is 3.59. The molecule has 3 rings (SSSR count). The predicted octanol–water partition coefficient (Wildman–Crippen LogP) is 3.53. The third-order valence-corrected chi connectivity index (χ3v) is 4.22. The number of methoxy groups -OCH3 is 1. The SMILES string of the molecule is COc1ccc(Cl)cc1Nc1ncnc(NNC(=O)c2ccccc2C)c1N. The van der Waals surface area contributed by atoms with Crippen molar-refractivity contribution < 1.29 is 9.53 Å². The van der Waals surface area contributed by atoms with E-state index in [1.165, 1.54) is 6.33 Å². The van der Waals surface area contributed by atoms with E-state index in [1.54, 1.807) is 37.4 Å². The lowest BCUT2D eigenvalue weighted by Crippen LogP contribution is -2.30. The molecule has 144 valence electrons. The fourth-order valence-corrected chi connectivity index (χ4v) is 2.68. The van der Waals surface area contributed by atoms with Crippen LogP contribution < -0.4 is 26.6 Å². The summed E-state index contributed by atoms with van der Waals surface area (Å²) in [5.74, 6) is 0.857. The Morgan fingerprint density at radius 2 is 1.89 bits per heavy atom. The van der Waals surface area contributed by atoms with Crippen molar-refractivity contribution in [3.05, 3.63) is 64.9 Å². The molecule has 0 spiro atoms. The van der Waals surface area contributed by atoms with E-state index < -0.39 is 0 Å². The number of nitrogens with two attached hydrogens (primary N) is 1. The molecule has 1 heterocycles. The molecule has 0 saturated heterocycles. The molecule has 0 saturated carbocycles. The van der Waals surface area contributed by atoms with Crippen molar-refractivity contribution in [2.24, 2.45) is 0 Å². The van der Waals surface area contributed by atoms with Crippen LogP contribution in [-0.2, 0) is 0 Å². The maximum atomic E-state index is 12.3. The van der Waals surface area contributed by atoms with E-state index in [2.05, 4.69) is 26.1 Å². The number of carbonyl (C=O) groups is 1. The Bertz CT molecular complexity index is 1010. The summed E-state index contributed by atoms with van der Waals surface area (Å²) in [5.41, 5.74) is 13.7. The first-order chi connectivity index (χ1) is 13.5. The highest BCUT2D eigenvalue weighted by Crippen LogP contribution is 2.32.